The lowest BCUT2D eigenvalue weighted by molar-refractivity contribution is -0.126. The Hall–Kier alpha value is -0.730. The number of aryl methyl sites for hydroxylation is 1. The van der Waals surface area contributed by atoms with Crippen LogP contribution in [0.3, 0.4) is 0 Å². The van der Waals surface area contributed by atoms with E-state index in [0.717, 1.165) is 12.0 Å². The quantitative estimate of drug-likeness (QED) is 0.832. The third-order valence-corrected chi connectivity index (χ3v) is 5.05. The van der Waals surface area contributed by atoms with Crippen molar-refractivity contribution in [2.75, 3.05) is 0 Å². The molecular weight excluding hydrogens is 281 g/mol. The Kier molecular flexibility index (Phi) is 3.85. The lowest BCUT2D eigenvalue weighted by atomic mass is 10.0. The number of nitrogens with one attached hydrogen (secondary N) is 1. The highest BCUT2D eigenvalue weighted by atomic mass is 35.5. The number of benzene rings is 1. The van der Waals surface area contributed by atoms with E-state index in [4.69, 9.17) is 23.2 Å². The summed E-state index contributed by atoms with van der Waals surface area (Å²) in [6.45, 7) is 5.91. The number of alkyl halides is 2. The number of hydrogen-bond donors (Lipinski definition) is 1. The van der Waals surface area contributed by atoms with Crippen LogP contribution in [-0.2, 0) is 4.79 Å². The molecule has 1 saturated carbocycles. The maximum absolute atomic E-state index is 12.3. The summed E-state index contributed by atoms with van der Waals surface area (Å²) in [5.74, 6) is -0.0649. The molecule has 19 heavy (non-hydrogen) atoms. The van der Waals surface area contributed by atoms with Gasteiger partial charge >= 0.3 is 0 Å². The molecule has 1 fully saturated rings. The van der Waals surface area contributed by atoms with Gasteiger partial charge in [-0.1, -0.05) is 36.8 Å². The van der Waals surface area contributed by atoms with Gasteiger partial charge in [0.15, 0.2) is 0 Å². The molecule has 2 rings (SSSR count). The summed E-state index contributed by atoms with van der Waals surface area (Å²) >= 11 is 12.1. The average Bonchev–Trinajstić information content (AvgIpc) is 2.88. The van der Waals surface area contributed by atoms with Gasteiger partial charge < -0.3 is 5.32 Å². The normalized spacial score (nSPS) is 25.7. The van der Waals surface area contributed by atoms with Crippen molar-refractivity contribution in [3.8, 4) is 0 Å². The highest BCUT2D eigenvalue weighted by Crippen LogP contribution is 2.63. The number of halogens is 2. The van der Waals surface area contributed by atoms with Gasteiger partial charge in [-0.3, -0.25) is 4.79 Å². The molecule has 0 aromatic heterocycles. The second-order valence-electron chi connectivity index (χ2n) is 5.56. The molecule has 1 N–H and O–H groups in total. The maximum Gasteiger partial charge on any atom is 0.229 e. The number of hydrogen-bond acceptors (Lipinski definition) is 1. The first-order valence-electron chi connectivity index (χ1n) is 6.55. The van der Waals surface area contributed by atoms with Crippen molar-refractivity contribution in [3.05, 3.63) is 35.4 Å². The average molecular weight is 300 g/mol. The lowest BCUT2D eigenvalue weighted by Gasteiger charge is -2.21. The van der Waals surface area contributed by atoms with Gasteiger partial charge in [-0.25, -0.2) is 0 Å². The first-order valence-corrected chi connectivity index (χ1v) is 7.31. The number of amides is 1. The van der Waals surface area contributed by atoms with Crippen LogP contribution in [0.15, 0.2) is 24.3 Å². The van der Waals surface area contributed by atoms with Gasteiger partial charge in [0.2, 0.25) is 5.91 Å². The number of carbonyl (C=O) groups is 1. The van der Waals surface area contributed by atoms with Gasteiger partial charge in [-0.2, -0.15) is 0 Å². The Morgan fingerprint density at radius 2 is 1.89 bits per heavy atom. The van der Waals surface area contributed by atoms with Crippen LogP contribution >= 0.6 is 23.2 Å². The molecule has 0 unspecified atom stereocenters. The standard InChI is InChI=1S/C15H19Cl2NO/c1-4-12(11-7-5-10(2)6-8-11)18-13(19)14(3)9-15(14,16)17/h5-8,12H,4,9H2,1-3H3,(H,18,19)/t12-,14-/m1/s1. The van der Waals surface area contributed by atoms with Gasteiger partial charge in [-0.05, 0) is 32.3 Å². The van der Waals surface area contributed by atoms with E-state index in [2.05, 4.69) is 24.4 Å². The molecule has 1 aliphatic carbocycles. The van der Waals surface area contributed by atoms with Crippen molar-refractivity contribution in [2.24, 2.45) is 5.41 Å². The largest absolute Gasteiger partial charge is 0.349 e. The number of rotatable bonds is 4. The Bertz CT molecular complexity index is 483. The second-order valence-corrected chi connectivity index (χ2v) is 7.04. The zero-order valence-corrected chi connectivity index (χ0v) is 13.0. The summed E-state index contributed by atoms with van der Waals surface area (Å²) in [5, 5.41) is 3.05. The zero-order valence-electron chi connectivity index (χ0n) is 11.5. The van der Waals surface area contributed by atoms with E-state index < -0.39 is 9.75 Å². The SMILES string of the molecule is CC[C@@H](NC(=O)[C@@]1(C)CC1(Cl)Cl)c1ccc(C)cc1. The molecule has 4 heteroatoms. The van der Waals surface area contributed by atoms with Crippen LogP contribution in [0.2, 0.25) is 0 Å². The molecule has 2 nitrogen and oxygen atoms in total. The molecule has 2 atom stereocenters. The van der Waals surface area contributed by atoms with Gasteiger partial charge in [0.25, 0.3) is 0 Å². The zero-order chi connectivity index (χ0) is 14.3. The Balaban J connectivity index is 2.08. The number of carbonyl (C=O) groups excluding carboxylic acids is 1. The molecular formula is C15H19Cl2NO. The predicted octanol–water partition coefficient (Wildman–Crippen LogP) is 4.15. The monoisotopic (exact) mass is 299 g/mol. The summed E-state index contributed by atoms with van der Waals surface area (Å²) in [6, 6.07) is 8.21. The van der Waals surface area contributed by atoms with Crippen LogP contribution < -0.4 is 5.32 Å². The van der Waals surface area contributed by atoms with Crippen molar-refractivity contribution < 1.29 is 4.79 Å². The third kappa shape index (κ3) is 2.75. The van der Waals surface area contributed by atoms with Crippen molar-refractivity contribution in [3.63, 3.8) is 0 Å². The van der Waals surface area contributed by atoms with Crippen LogP contribution in [0.1, 0.15) is 43.9 Å². The fourth-order valence-corrected chi connectivity index (χ4v) is 2.89. The first kappa shape index (κ1) is 14.7. The molecule has 0 aliphatic heterocycles. The fourth-order valence-electron chi connectivity index (χ4n) is 2.18. The summed E-state index contributed by atoms with van der Waals surface area (Å²) in [6.07, 6.45) is 1.35. The minimum atomic E-state index is -0.914. The van der Waals surface area contributed by atoms with Crippen molar-refractivity contribution in [1.29, 1.82) is 0 Å². The van der Waals surface area contributed by atoms with Crippen LogP contribution in [0.4, 0.5) is 0 Å². The van der Waals surface area contributed by atoms with Crippen molar-refractivity contribution in [2.45, 2.75) is 44.0 Å². The molecule has 0 heterocycles. The Morgan fingerprint density at radius 3 is 2.32 bits per heavy atom. The summed E-state index contributed by atoms with van der Waals surface area (Å²) in [4.78, 5) is 12.3. The molecule has 1 aromatic carbocycles. The van der Waals surface area contributed by atoms with Crippen molar-refractivity contribution >= 4 is 29.1 Å². The van der Waals surface area contributed by atoms with Crippen molar-refractivity contribution in [1.82, 2.24) is 5.32 Å². The van der Waals surface area contributed by atoms with Gasteiger partial charge in [-0.15, -0.1) is 23.2 Å². The van der Waals surface area contributed by atoms with Gasteiger partial charge in [0.05, 0.1) is 11.5 Å². The molecule has 104 valence electrons. The van der Waals surface area contributed by atoms with Crippen LogP contribution in [0.25, 0.3) is 0 Å². The van der Waals surface area contributed by atoms with E-state index >= 15 is 0 Å². The maximum atomic E-state index is 12.3. The minimum Gasteiger partial charge on any atom is -0.349 e. The molecule has 0 saturated heterocycles. The van der Waals surface area contributed by atoms with E-state index in [-0.39, 0.29) is 11.9 Å². The Morgan fingerprint density at radius 1 is 1.37 bits per heavy atom. The first-order chi connectivity index (χ1) is 8.80. The minimum absolute atomic E-state index is 0.00894. The smallest absolute Gasteiger partial charge is 0.229 e. The predicted molar refractivity (Wildman–Crippen MR) is 79.5 cm³/mol. The van der Waals surface area contributed by atoms with E-state index in [9.17, 15) is 4.79 Å². The lowest BCUT2D eigenvalue weighted by Crippen LogP contribution is -2.36. The fraction of sp³-hybridized carbons (Fsp3) is 0.533. The third-order valence-electron chi connectivity index (χ3n) is 3.95. The highest BCUT2D eigenvalue weighted by Gasteiger charge is 2.68. The van der Waals surface area contributed by atoms with E-state index in [0.29, 0.717) is 6.42 Å². The van der Waals surface area contributed by atoms with Crippen LogP contribution in [-0.4, -0.2) is 10.2 Å². The molecule has 0 radical (unpaired) electrons. The molecule has 1 aliphatic rings. The summed E-state index contributed by atoms with van der Waals surface area (Å²) in [5.41, 5.74) is 1.66. The van der Waals surface area contributed by atoms with E-state index in [1.165, 1.54) is 5.56 Å². The summed E-state index contributed by atoms with van der Waals surface area (Å²) in [7, 11) is 0. The summed E-state index contributed by atoms with van der Waals surface area (Å²) < 4.78 is -0.914. The molecule has 0 spiro atoms. The topological polar surface area (TPSA) is 29.1 Å². The second kappa shape index (κ2) is 4.99. The van der Waals surface area contributed by atoms with Crippen LogP contribution in [0.5, 0.6) is 0 Å². The van der Waals surface area contributed by atoms with E-state index in [1.54, 1.807) is 0 Å². The highest BCUT2D eigenvalue weighted by molar-refractivity contribution is 6.53. The van der Waals surface area contributed by atoms with E-state index in [1.807, 2.05) is 26.0 Å². The van der Waals surface area contributed by atoms with Crippen LogP contribution in [0, 0.1) is 12.3 Å². The molecule has 0 bridgehead atoms. The van der Waals surface area contributed by atoms with Gasteiger partial charge in [0, 0.05) is 0 Å². The molecule has 1 amide bonds. The van der Waals surface area contributed by atoms with Gasteiger partial charge in [0.1, 0.15) is 4.33 Å². The molecule has 1 aromatic rings. The Labute approximate surface area is 124 Å².